The average molecular weight is 261 g/mol. The van der Waals surface area contributed by atoms with Crippen LogP contribution in [-0.2, 0) is 10.1 Å². The van der Waals surface area contributed by atoms with Crippen LogP contribution in [0.2, 0.25) is 5.02 Å². The Labute approximate surface area is 88.5 Å². The smallest absolute Gasteiger partial charge is 0.377 e. The third-order valence-electron chi connectivity index (χ3n) is 1.37. The molecule has 0 unspecified atom stereocenters. The number of hydrogen-bond donors (Lipinski definition) is 0. The van der Waals surface area contributed by atoms with E-state index < -0.39 is 16.8 Å². The van der Waals surface area contributed by atoms with Crippen LogP contribution in [0.3, 0.4) is 0 Å². The summed E-state index contributed by atoms with van der Waals surface area (Å²) < 4.78 is 55.0. The first-order chi connectivity index (χ1) is 6.83. The Balaban J connectivity index is 0.000000245. The number of fused-ring (bicyclic) bond motifs is 1. The Kier molecular flexibility index (Phi) is 3.46. The summed E-state index contributed by atoms with van der Waals surface area (Å²) in [5.41, 5.74) is 0. The highest BCUT2D eigenvalue weighted by molar-refractivity contribution is 7.88. The fourth-order valence-electron chi connectivity index (χ4n) is 0.875. The number of alkyl halides is 3. The van der Waals surface area contributed by atoms with E-state index in [9.17, 15) is 21.6 Å². The van der Waals surface area contributed by atoms with E-state index in [0.29, 0.717) is 10.8 Å². The molecule has 0 aromatic heterocycles. The van der Waals surface area contributed by atoms with Gasteiger partial charge in [0.25, 0.3) is 0 Å². The van der Waals surface area contributed by atoms with Gasteiger partial charge in [-0.15, -0.1) is 0 Å². The molecule has 0 spiro atoms. The first kappa shape index (κ1) is 12.1. The van der Waals surface area contributed by atoms with Crippen LogP contribution in [0.5, 0.6) is 5.75 Å². The molecule has 0 aliphatic carbocycles. The van der Waals surface area contributed by atoms with Crippen LogP contribution in [0, 0.1) is 0 Å². The van der Waals surface area contributed by atoms with E-state index in [1.54, 1.807) is 6.07 Å². The van der Waals surface area contributed by atoms with Crippen molar-refractivity contribution in [1.29, 1.82) is 0 Å². The lowest BCUT2D eigenvalue weighted by Gasteiger charge is -2.18. The van der Waals surface area contributed by atoms with Crippen molar-refractivity contribution in [2.75, 3.05) is 0 Å². The Morgan fingerprint density at radius 3 is 2.20 bits per heavy atom. The molecule has 2 rings (SSSR count). The molecule has 84 valence electrons. The quantitative estimate of drug-likeness (QED) is 0.674. The zero-order valence-corrected chi connectivity index (χ0v) is 8.53. The van der Waals surface area contributed by atoms with Crippen molar-refractivity contribution in [3.63, 3.8) is 0 Å². The lowest BCUT2D eigenvalue weighted by Crippen LogP contribution is -2.20. The highest BCUT2D eigenvalue weighted by atomic mass is 35.5. The van der Waals surface area contributed by atoms with E-state index in [0.717, 1.165) is 0 Å². The van der Waals surface area contributed by atoms with Crippen LogP contribution in [0.4, 0.5) is 13.2 Å². The third-order valence-corrected chi connectivity index (χ3v) is 2.87. The van der Waals surface area contributed by atoms with Gasteiger partial charge in [0.1, 0.15) is 0 Å². The fraction of sp³-hybridized carbons (Fsp3) is 0.143. The van der Waals surface area contributed by atoms with Crippen LogP contribution >= 0.6 is 11.6 Å². The number of benzene rings is 1. The molecular formula is C7H4ClF3O3S. The normalized spacial score (nSPS) is 15.5. The molecule has 1 aromatic rings. The van der Waals surface area contributed by atoms with Crippen LogP contribution in [0.25, 0.3) is 0 Å². The number of halogens is 4. The summed E-state index contributed by atoms with van der Waals surface area (Å²) in [6.45, 7) is -3.67. The van der Waals surface area contributed by atoms with Gasteiger partial charge < -0.3 is 4.18 Å². The summed E-state index contributed by atoms with van der Waals surface area (Å²) in [5.74, 6) is 0.370. The monoisotopic (exact) mass is 260 g/mol. The molecule has 1 aliphatic rings. The van der Waals surface area contributed by atoms with Gasteiger partial charge in [-0.1, -0.05) is 11.6 Å². The van der Waals surface area contributed by atoms with Crippen molar-refractivity contribution < 1.29 is 25.8 Å². The average Bonchev–Trinajstić information content (AvgIpc) is 2.06. The summed E-state index contributed by atoms with van der Waals surface area (Å²) >= 11 is 5.56. The van der Waals surface area contributed by atoms with Crippen molar-refractivity contribution in [1.82, 2.24) is 0 Å². The van der Waals surface area contributed by atoms with Gasteiger partial charge in [-0.25, -0.2) is 0 Å². The summed E-state index contributed by atoms with van der Waals surface area (Å²) in [6, 6.07) is 4.48. The first-order valence-corrected chi connectivity index (χ1v) is 5.28. The second kappa shape index (κ2) is 4.28. The zero-order chi connectivity index (χ0) is 11.6. The van der Waals surface area contributed by atoms with Crippen molar-refractivity contribution in [3.8, 4) is 5.75 Å². The van der Waals surface area contributed by atoms with E-state index in [1.807, 2.05) is 0 Å². The van der Waals surface area contributed by atoms with Crippen molar-refractivity contribution in [2.45, 2.75) is 11.6 Å². The molecule has 1 aliphatic heterocycles. The van der Waals surface area contributed by atoms with Crippen molar-refractivity contribution in [2.24, 2.45) is 0 Å². The first-order valence-electron chi connectivity index (χ1n) is 3.49. The molecule has 0 N–H and O–H groups in total. The van der Waals surface area contributed by atoms with E-state index in [1.165, 1.54) is 12.1 Å². The Hall–Kier alpha value is -0.950. The molecule has 0 saturated heterocycles. The maximum absolute atomic E-state index is 10.8. The molecular weight excluding hydrogens is 257 g/mol. The van der Waals surface area contributed by atoms with Gasteiger partial charge in [-0.05, 0) is 18.2 Å². The summed E-state index contributed by atoms with van der Waals surface area (Å²) in [6.07, 6.45) is 0. The van der Waals surface area contributed by atoms with Crippen molar-refractivity contribution in [3.05, 3.63) is 23.2 Å². The molecule has 3 nitrogen and oxygen atoms in total. The van der Waals surface area contributed by atoms with Gasteiger partial charge in [0.15, 0.2) is 10.6 Å². The van der Waals surface area contributed by atoms with Gasteiger partial charge in [-0.2, -0.15) is 21.6 Å². The number of rotatable bonds is 0. The second-order valence-corrected chi connectivity index (χ2v) is 4.33. The van der Waals surface area contributed by atoms with Crippen molar-refractivity contribution >= 4 is 21.7 Å². The molecule has 1 aromatic carbocycles. The van der Waals surface area contributed by atoms with E-state index in [4.69, 9.17) is 11.6 Å². The topological polar surface area (TPSA) is 43.4 Å². The maximum Gasteiger partial charge on any atom is 0.379 e. The minimum absolute atomic E-state index is 0.171. The fourth-order valence-corrected chi connectivity index (χ4v) is 2.09. The molecule has 15 heavy (non-hydrogen) atoms. The van der Waals surface area contributed by atoms with Gasteiger partial charge >= 0.3 is 16.8 Å². The summed E-state index contributed by atoms with van der Waals surface area (Å²) in [5, 5.41) is 0.399. The predicted molar refractivity (Wildman–Crippen MR) is 46.4 cm³/mol. The predicted octanol–water partition coefficient (Wildman–Crippen LogP) is 2.60. The largest absolute Gasteiger partial charge is 0.379 e. The van der Waals surface area contributed by atoms with Crippen LogP contribution in [0.1, 0.15) is 0 Å². The molecule has 0 bridgehead atoms. The highest BCUT2D eigenvalue weighted by Crippen LogP contribution is 2.37. The Morgan fingerprint density at radius 1 is 1.27 bits per heavy atom. The molecule has 0 atom stereocenters. The van der Waals surface area contributed by atoms with Crippen LogP contribution < -0.4 is 4.18 Å². The maximum atomic E-state index is 10.8. The zero-order valence-electron chi connectivity index (χ0n) is 6.95. The van der Waals surface area contributed by atoms with E-state index >= 15 is 0 Å². The minimum atomic E-state index is -3.67. The molecule has 0 saturated carbocycles. The highest BCUT2D eigenvalue weighted by Gasteiger charge is 2.32. The second-order valence-electron chi connectivity index (χ2n) is 2.38. The van der Waals surface area contributed by atoms with Gasteiger partial charge in [0.05, 0.1) is 0 Å². The Morgan fingerprint density at radius 2 is 1.80 bits per heavy atom. The molecule has 1 heterocycles. The van der Waals surface area contributed by atoms with Gasteiger partial charge in [0.2, 0.25) is 0 Å². The lowest BCUT2D eigenvalue weighted by atomic mass is 10.3. The molecule has 0 radical (unpaired) electrons. The van der Waals surface area contributed by atoms with E-state index in [2.05, 4.69) is 4.18 Å². The van der Waals surface area contributed by atoms with Gasteiger partial charge in [0, 0.05) is 5.02 Å². The standard InChI is InChI=1S/C6H3ClO3S.CHF3/c7-4-1-2-5-6(3-4)11(8,9)10-5;2-1(3)4/h1-3H;1H. The number of hydrogen-bond acceptors (Lipinski definition) is 3. The van der Waals surface area contributed by atoms with Crippen LogP contribution in [0.15, 0.2) is 23.1 Å². The SMILES string of the molecule is FC(F)F.O=S1(=O)Oc2ccc(Cl)cc21. The lowest BCUT2D eigenvalue weighted by molar-refractivity contribution is 0.00819. The molecule has 0 amide bonds. The Bertz CT molecular complexity index is 458. The van der Waals surface area contributed by atoms with Crippen LogP contribution in [-0.4, -0.2) is 15.1 Å². The third kappa shape index (κ3) is 3.00. The van der Waals surface area contributed by atoms with E-state index in [-0.39, 0.29) is 4.90 Å². The summed E-state index contributed by atoms with van der Waals surface area (Å²) in [7, 11) is -3.45. The van der Waals surface area contributed by atoms with Gasteiger partial charge in [-0.3, -0.25) is 0 Å². The molecule has 8 heteroatoms. The minimum Gasteiger partial charge on any atom is -0.377 e. The summed E-state index contributed by atoms with van der Waals surface area (Å²) in [4.78, 5) is 0.171. The molecule has 0 fully saturated rings.